The largest absolute Gasteiger partial charge is 0.508 e. The number of carbonyl (C=O) groups is 1. The number of amides is 1. The number of alkyl halides is 2. The van der Waals surface area contributed by atoms with Crippen molar-refractivity contribution in [3.63, 3.8) is 0 Å². The third-order valence-electron chi connectivity index (χ3n) is 2.21. The molecule has 1 aromatic carbocycles. The Morgan fingerprint density at radius 3 is 2.62 bits per heavy atom. The Labute approximate surface area is 92.3 Å². The first-order valence-electron chi connectivity index (χ1n) is 4.75. The summed E-state index contributed by atoms with van der Waals surface area (Å²) in [5.41, 5.74) is 0.833. The molecule has 0 spiro atoms. The van der Waals surface area contributed by atoms with Crippen LogP contribution in [0.4, 0.5) is 8.78 Å². The molecule has 0 saturated carbocycles. The molecule has 0 atom stereocenters. The van der Waals surface area contributed by atoms with Gasteiger partial charge in [-0.1, -0.05) is 6.07 Å². The Kier molecular flexibility index (Phi) is 3.82. The van der Waals surface area contributed by atoms with E-state index in [0.717, 1.165) is 4.90 Å². The zero-order chi connectivity index (χ0) is 12.3. The molecule has 0 bridgehead atoms. The number of aryl methyl sites for hydroxylation is 1. The van der Waals surface area contributed by atoms with Gasteiger partial charge in [-0.25, -0.2) is 8.78 Å². The van der Waals surface area contributed by atoms with Gasteiger partial charge in [-0.2, -0.15) is 0 Å². The summed E-state index contributed by atoms with van der Waals surface area (Å²) in [7, 11) is 1.30. The summed E-state index contributed by atoms with van der Waals surface area (Å²) in [6.45, 7) is 1.07. The van der Waals surface area contributed by atoms with Crippen molar-refractivity contribution in [3.05, 3.63) is 29.3 Å². The van der Waals surface area contributed by atoms with Crippen molar-refractivity contribution < 1.29 is 18.7 Å². The van der Waals surface area contributed by atoms with E-state index in [1.165, 1.54) is 19.2 Å². The van der Waals surface area contributed by atoms with Crippen molar-refractivity contribution in [2.24, 2.45) is 0 Å². The number of carbonyl (C=O) groups excluding carboxylic acids is 1. The van der Waals surface area contributed by atoms with Gasteiger partial charge in [0.1, 0.15) is 5.75 Å². The van der Waals surface area contributed by atoms with Crippen LogP contribution in [0.3, 0.4) is 0 Å². The number of halogens is 2. The number of hydrogen-bond donors (Lipinski definition) is 1. The highest BCUT2D eigenvalue weighted by molar-refractivity contribution is 5.94. The number of aromatic hydroxyl groups is 1. The molecule has 0 fully saturated rings. The lowest BCUT2D eigenvalue weighted by Gasteiger charge is -2.16. The van der Waals surface area contributed by atoms with E-state index >= 15 is 0 Å². The van der Waals surface area contributed by atoms with Crippen molar-refractivity contribution in [3.8, 4) is 5.75 Å². The summed E-state index contributed by atoms with van der Waals surface area (Å²) in [6.07, 6.45) is -2.56. The maximum absolute atomic E-state index is 12.1. The highest BCUT2D eigenvalue weighted by atomic mass is 19.3. The molecule has 0 saturated heterocycles. The molecule has 1 aromatic rings. The molecule has 0 heterocycles. The summed E-state index contributed by atoms with van der Waals surface area (Å²) in [4.78, 5) is 12.6. The summed E-state index contributed by atoms with van der Waals surface area (Å²) in [5.74, 6) is -0.549. The maximum atomic E-state index is 12.1. The zero-order valence-electron chi connectivity index (χ0n) is 9.08. The molecule has 0 aromatic heterocycles. The smallest absolute Gasteiger partial charge is 0.255 e. The van der Waals surface area contributed by atoms with E-state index in [-0.39, 0.29) is 11.3 Å². The van der Waals surface area contributed by atoms with E-state index < -0.39 is 18.9 Å². The second-order valence-corrected chi connectivity index (χ2v) is 3.58. The van der Waals surface area contributed by atoms with Gasteiger partial charge in [0, 0.05) is 12.6 Å². The van der Waals surface area contributed by atoms with Gasteiger partial charge in [-0.05, 0) is 24.6 Å². The predicted octanol–water partition coefficient (Wildman–Crippen LogP) is 2.04. The predicted molar refractivity (Wildman–Crippen MR) is 55.8 cm³/mol. The average Bonchev–Trinajstić information content (AvgIpc) is 2.20. The fourth-order valence-electron chi connectivity index (χ4n) is 1.25. The van der Waals surface area contributed by atoms with Crippen molar-refractivity contribution in [2.45, 2.75) is 13.3 Å². The van der Waals surface area contributed by atoms with Crippen LogP contribution >= 0.6 is 0 Å². The molecule has 0 unspecified atom stereocenters. The zero-order valence-corrected chi connectivity index (χ0v) is 9.08. The van der Waals surface area contributed by atoms with Crippen LogP contribution in [0.5, 0.6) is 5.75 Å². The number of benzene rings is 1. The highest BCUT2D eigenvalue weighted by Crippen LogP contribution is 2.18. The number of phenols is 1. The lowest BCUT2D eigenvalue weighted by atomic mass is 10.1. The molecular weight excluding hydrogens is 216 g/mol. The number of hydrogen-bond acceptors (Lipinski definition) is 2. The first kappa shape index (κ1) is 12.4. The lowest BCUT2D eigenvalue weighted by Crippen LogP contribution is -2.31. The molecule has 1 rings (SSSR count). The molecule has 0 aliphatic rings. The van der Waals surface area contributed by atoms with Gasteiger partial charge in [-0.15, -0.1) is 0 Å². The van der Waals surface area contributed by atoms with E-state index in [2.05, 4.69) is 0 Å². The molecule has 5 heteroatoms. The number of nitrogens with zero attached hydrogens (tertiary/aromatic N) is 1. The number of rotatable bonds is 3. The third kappa shape index (κ3) is 2.92. The van der Waals surface area contributed by atoms with Crippen molar-refractivity contribution in [2.75, 3.05) is 13.6 Å². The second kappa shape index (κ2) is 4.92. The van der Waals surface area contributed by atoms with Gasteiger partial charge in [0.2, 0.25) is 0 Å². The van der Waals surface area contributed by atoms with Crippen LogP contribution in [0.2, 0.25) is 0 Å². The van der Waals surface area contributed by atoms with Crippen molar-refractivity contribution in [1.29, 1.82) is 0 Å². The van der Waals surface area contributed by atoms with Crippen LogP contribution < -0.4 is 0 Å². The van der Waals surface area contributed by atoms with Gasteiger partial charge in [0.15, 0.2) is 0 Å². The van der Waals surface area contributed by atoms with Gasteiger partial charge in [0.05, 0.1) is 6.54 Å². The summed E-state index contributed by atoms with van der Waals surface area (Å²) in [6, 6.07) is 4.35. The molecule has 0 aliphatic heterocycles. The Balaban J connectivity index is 2.84. The first-order valence-corrected chi connectivity index (χ1v) is 4.75. The van der Waals surface area contributed by atoms with Gasteiger partial charge < -0.3 is 10.0 Å². The fraction of sp³-hybridized carbons (Fsp3) is 0.364. The standard InChI is InChI=1S/C11H13F2NO2/c1-7-3-4-8(5-9(7)15)11(16)14(2)6-10(12)13/h3-5,10,15H,6H2,1-2H3. The van der Waals surface area contributed by atoms with Crippen LogP contribution in [0.25, 0.3) is 0 Å². The summed E-state index contributed by atoms with van der Waals surface area (Å²) in [5, 5.41) is 9.39. The highest BCUT2D eigenvalue weighted by Gasteiger charge is 2.16. The topological polar surface area (TPSA) is 40.5 Å². The molecular formula is C11H13F2NO2. The van der Waals surface area contributed by atoms with Crippen LogP contribution in [-0.4, -0.2) is 35.9 Å². The van der Waals surface area contributed by atoms with Gasteiger partial charge in [-0.3, -0.25) is 4.79 Å². The fourth-order valence-corrected chi connectivity index (χ4v) is 1.25. The summed E-state index contributed by atoms with van der Waals surface area (Å²) >= 11 is 0. The molecule has 1 N–H and O–H groups in total. The Morgan fingerprint density at radius 1 is 1.50 bits per heavy atom. The molecule has 3 nitrogen and oxygen atoms in total. The minimum absolute atomic E-state index is 0.0173. The van der Waals surface area contributed by atoms with Gasteiger partial charge >= 0.3 is 0 Å². The normalized spacial score (nSPS) is 10.6. The Morgan fingerprint density at radius 2 is 2.12 bits per heavy atom. The molecule has 88 valence electrons. The van der Waals surface area contributed by atoms with E-state index in [1.807, 2.05) is 0 Å². The van der Waals surface area contributed by atoms with E-state index in [9.17, 15) is 18.7 Å². The molecule has 0 aliphatic carbocycles. The van der Waals surface area contributed by atoms with E-state index in [1.54, 1.807) is 13.0 Å². The van der Waals surface area contributed by atoms with E-state index in [4.69, 9.17) is 0 Å². The van der Waals surface area contributed by atoms with Gasteiger partial charge in [0.25, 0.3) is 12.3 Å². The van der Waals surface area contributed by atoms with Crippen molar-refractivity contribution in [1.82, 2.24) is 4.90 Å². The maximum Gasteiger partial charge on any atom is 0.255 e. The average molecular weight is 229 g/mol. The van der Waals surface area contributed by atoms with Crippen LogP contribution in [0.1, 0.15) is 15.9 Å². The van der Waals surface area contributed by atoms with Crippen LogP contribution in [0, 0.1) is 6.92 Å². The number of phenolic OH excluding ortho intramolecular Hbond substituents is 1. The second-order valence-electron chi connectivity index (χ2n) is 3.58. The molecule has 16 heavy (non-hydrogen) atoms. The molecule has 0 radical (unpaired) electrons. The Bertz CT molecular complexity index is 394. The van der Waals surface area contributed by atoms with Crippen LogP contribution in [-0.2, 0) is 0 Å². The quantitative estimate of drug-likeness (QED) is 0.861. The Hall–Kier alpha value is -1.65. The minimum Gasteiger partial charge on any atom is -0.508 e. The SMILES string of the molecule is Cc1ccc(C(=O)N(C)CC(F)F)cc1O. The lowest BCUT2D eigenvalue weighted by molar-refractivity contribution is 0.0620. The summed E-state index contributed by atoms with van der Waals surface area (Å²) < 4.78 is 24.1. The van der Waals surface area contributed by atoms with Crippen molar-refractivity contribution >= 4 is 5.91 Å². The van der Waals surface area contributed by atoms with E-state index in [0.29, 0.717) is 5.56 Å². The first-order chi connectivity index (χ1) is 7.41. The van der Waals surface area contributed by atoms with Crippen LogP contribution in [0.15, 0.2) is 18.2 Å². The monoisotopic (exact) mass is 229 g/mol. The minimum atomic E-state index is -2.56. The third-order valence-corrected chi connectivity index (χ3v) is 2.21. The molecule has 1 amide bonds.